The minimum Gasteiger partial charge on any atom is -0.103 e. The highest BCUT2D eigenvalue weighted by Crippen LogP contribution is 2.09. The number of rotatable bonds is 6. The summed E-state index contributed by atoms with van der Waals surface area (Å²) in [5.41, 5.74) is 2.83. The minimum atomic E-state index is 1.07. The van der Waals surface area contributed by atoms with Gasteiger partial charge >= 0.3 is 0 Å². The second-order valence-corrected chi connectivity index (χ2v) is 3.75. The van der Waals surface area contributed by atoms with Crippen molar-refractivity contribution in [3.8, 4) is 0 Å². The Labute approximate surface area is 107 Å². The molecule has 0 radical (unpaired) electrons. The first kappa shape index (κ1) is 15.7. The van der Waals surface area contributed by atoms with Crippen molar-refractivity contribution in [2.45, 2.75) is 46.5 Å². The van der Waals surface area contributed by atoms with Gasteiger partial charge in [0.15, 0.2) is 0 Å². The van der Waals surface area contributed by atoms with E-state index in [9.17, 15) is 0 Å². The fourth-order valence-electron chi connectivity index (χ4n) is 1.56. The zero-order chi connectivity index (χ0) is 12.9. The molecule has 0 aromatic heterocycles. The van der Waals surface area contributed by atoms with Crippen LogP contribution in [0.5, 0.6) is 0 Å². The SMILES string of the molecule is C=CCCc1ccc(CC/C=C/C)cc1.CC. The van der Waals surface area contributed by atoms with E-state index in [1.165, 1.54) is 11.1 Å². The van der Waals surface area contributed by atoms with E-state index >= 15 is 0 Å². The van der Waals surface area contributed by atoms with Gasteiger partial charge in [-0.25, -0.2) is 0 Å². The minimum absolute atomic E-state index is 1.07. The zero-order valence-electron chi connectivity index (χ0n) is 11.6. The molecule has 0 spiro atoms. The van der Waals surface area contributed by atoms with E-state index in [1.54, 1.807) is 0 Å². The monoisotopic (exact) mass is 230 g/mol. The molecule has 94 valence electrons. The molecule has 0 saturated carbocycles. The van der Waals surface area contributed by atoms with Gasteiger partial charge in [0.25, 0.3) is 0 Å². The van der Waals surface area contributed by atoms with Crippen LogP contribution < -0.4 is 0 Å². The Kier molecular flexibility index (Phi) is 10.3. The Hall–Kier alpha value is -1.30. The van der Waals surface area contributed by atoms with E-state index in [0.717, 1.165) is 25.7 Å². The van der Waals surface area contributed by atoms with Crippen molar-refractivity contribution >= 4 is 0 Å². The highest BCUT2D eigenvalue weighted by Gasteiger charge is 1.93. The molecule has 1 aromatic rings. The Morgan fingerprint density at radius 3 is 1.82 bits per heavy atom. The molecule has 0 bridgehead atoms. The first-order chi connectivity index (χ1) is 8.36. The van der Waals surface area contributed by atoms with Crippen molar-refractivity contribution in [1.82, 2.24) is 0 Å². The molecule has 1 rings (SSSR count). The van der Waals surface area contributed by atoms with Crippen molar-refractivity contribution in [3.63, 3.8) is 0 Å². The molecular formula is C17H26. The van der Waals surface area contributed by atoms with E-state index in [-0.39, 0.29) is 0 Å². The summed E-state index contributed by atoms with van der Waals surface area (Å²) in [6.45, 7) is 9.80. The average molecular weight is 230 g/mol. The number of hydrogen-bond acceptors (Lipinski definition) is 0. The topological polar surface area (TPSA) is 0 Å². The standard InChI is InChI=1S/C15H20.C2H6/c1-3-5-7-9-15-12-10-14(11-13-15)8-6-4-2;1-2/h3-5,10-13H,2,6-9H2,1H3;1-2H3/b5-3+;. The van der Waals surface area contributed by atoms with E-state index in [0.29, 0.717) is 0 Å². The van der Waals surface area contributed by atoms with Crippen molar-refractivity contribution in [3.05, 3.63) is 60.2 Å². The zero-order valence-corrected chi connectivity index (χ0v) is 11.6. The van der Waals surface area contributed by atoms with Crippen molar-refractivity contribution in [2.24, 2.45) is 0 Å². The molecule has 0 amide bonds. The Balaban J connectivity index is 0.00000121. The maximum atomic E-state index is 3.74. The quantitative estimate of drug-likeness (QED) is 0.579. The summed E-state index contributed by atoms with van der Waals surface area (Å²) >= 11 is 0. The average Bonchev–Trinajstić information content (AvgIpc) is 2.40. The number of aryl methyl sites for hydroxylation is 2. The van der Waals surface area contributed by atoms with E-state index in [1.807, 2.05) is 19.9 Å². The molecule has 0 fully saturated rings. The van der Waals surface area contributed by atoms with Gasteiger partial charge in [-0.2, -0.15) is 0 Å². The number of benzene rings is 1. The fraction of sp³-hybridized carbons (Fsp3) is 0.412. The molecule has 0 heteroatoms. The fourth-order valence-corrected chi connectivity index (χ4v) is 1.56. The summed E-state index contributed by atoms with van der Waals surface area (Å²) < 4.78 is 0. The largest absolute Gasteiger partial charge is 0.103 e. The maximum absolute atomic E-state index is 3.74. The van der Waals surface area contributed by atoms with Gasteiger partial charge in [0.2, 0.25) is 0 Å². The predicted octanol–water partition coefficient (Wildman–Crippen LogP) is 5.34. The van der Waals surface area contributed by atoms with Crippen LogP contribution in [0.15, 0.2) is 49.1 Å². The lowest BCUT2D eigenvalue weighted by atomic mass is 10.0. The summed E-state index contributed by atoms with van der Waals surface area (Å²) in [6, 6.07) is 8.94. The van der Waals surface area contributed by atoms with Crippen molar-refractivity contribution in [2.75, 3.05) is 0 Å². The van der Waals surface area contributed by atoms with Gasteiger partial charge in [-0.15, -0.1) is 6.58 Å². The molecule has 0 atom stereocenters. The highest BCUT2D eigenvalue weighted by atomic mass is 14.0. The third-order valence-electron chi connectivity index (χ3n) is 2.50. The van der Waals surface area contributed by atoms with E-state index < -0.39 is 0 Å². The molecule has 0 aliphatic carbocycles. The molecule has 17 heavy (non-hydrogen) atoms. The second-order valence-electron chi connectivity index (χ2n) is 3.75. The first-order valence-corrected chi connectivity index (χ1v) is 6.66. The second kappa shape index (κ2) is 11.2. The predicted molar refractivity (Wildman–Crippen MR) is 79.4 cm³/mol. The molecule has 0 aliphatic heterocycles. The van der Waals surface area contributed by atoms with Gasteiger partial charge in [0.05, 0.1) is 0 Å². The molecule has 0 unspecified atom stereocenters. The highest BCUT2D eigenvalue weighted by molar-refractivity contribution is 5.23. The normalized spacial score (nSPS) is 9.82. The summed E-state index contributed by atoms with van der Waals surface area (Å²) in [6.07, 6.45) is 10.8. The van der Waals surface area contributed by atoms with Gasteiger partial charge in [0, 0.05) is 0 Å². The van der Waals surface area contributed by atoms with Crippen molar-refractivity contribution < 1.29 is 0 Å². The van der Waals surface area contributed by atoms with Crippen LogP contribution in [0.4, 0.5) is 0 Å². The van der Waals surface area contributed by atoms with Crippen LogP contribution in [0.2, 0.25) is 0 Å². The van der Waals surface area contributed by atoms with Gasteiger partial charge in [0.1, 0.15) is 0 Å². The summed E-state index contributed by atoms with van der Waals surface area (Å²) in [4.78, 5) is 0. The van der Waals surface area contributed by atoms with Crippen LogP contribution in [0, 0.1) is 0 Å². The Morgan fingerprint density at radius 2 is 1.41 bits per heavy atom. The van der Waals surface area contributed by atoms with Crippen molar-refractivity contribution in [1.29, 1.82) is 0 Å². The van der Waals surface area contributed by atoms with Crippen LogP contribution in [0.1, 0.15) is 44.7 Å². The van der Waals surface area contributed by atoms with Gasteiger partial charge in [-0.3, -0.25) is 0 Å². The van der Waals surface area contributed by atoms with Crippen LogP contribution >= 0.6 is 0 Å². The van der Waals surface area contributed by atoms with Gasteiger partial charge in [-0.1, -0.05) is 56.3 Å². The molecule has 0 nitrogen and oxygen atoms in total. The third kappa shape index (κ3) is 7.57. The summed E-state index contributed by atoms with van der Waals surface area (Å²) in [7, 11) is 0. The third-order valence-corrected chi connectivity index (χ3v) is 2.50. The lowest BCUT2D eigenvalue weighted by molar-refractivity contribution is 0.977. The summed E-state index contributed by atoms with van der Waals surface area (Å²) in [5, 5.41) is 0. The maximum Gasteiger partial charge on any atom is -0.0244 e. The first-order valence-electron chi connectivity index (χ1n) is 6.66. The van der Waals surface area contributed by atoms with E-state index in [2.05, 4.69) is 49.9 Å². The molecule has 0 heterocycles. The molecule has 0 saturated heterocycles. The molecule has 0 aliphatic rings. The van der Waals surface area contributed by atoms with Crippen LogP contribution in [0.25, 0.3) is 0 Å². The van der Waals surface area contributed by atoms with Crippen LogP contribution in [-0.2, 0) is 12.8 Å². The van der Waals surface area contributed by atoms with Gasteiger partial charge in [-0.05, 0) is 43.7 Å². The van der Waals surface area contributed by atoms with Crippen LogP contribution in [-0.4, -0.2) is 0 Å². The van der Waals surface area contributed by atoms with E-state index in [4.69, 9.17) is 0 Å². The number of hydrogen-bond donors (Lipinski definition) is 0. The number of allylic oxidation sites excluding steroid dienone is 3. The smallest absolute Gasteiger partial charge is 0.0244 e. The lowest BCUT2D eigenvalue weighted by Crippen LogP contribution is -1.86. The molecular weight excluding hydrogens is 204 g/mol. The molecule has 0 N–H and O–H groups in total. The molecule has 1 aromatic carbocycles. The Bertz CT molecular complexity index is 303. The summed E-state index contributed by atoms with van der Waals surface area (Å²) in [5.74, 6) is 0. The van der Waals surface area contributed by atoms with Gasteiger partial charge < -0.3 is 0 Å². The van der Waals surface area contributed by atoms with Crippen LogP contribution in [0.3, 0.4) is 0 Å². The lowest BCUT2D eigenvalue weighted by Gasteiger charge is -2.01. The Morgan fingerprint density at radius 1 is 0.941 bits per heavy atom.